The number of unbranched alkanes of at least 4 members (excludes halogenated alkanes) is 2. The van der Waals surface area contributed by atoms with Gasteiger partial charge in [-0.2, -0.15) is 9.52 Å². The summed E-state index contributed by atoms with van der Waals surface area (Å²) in [6, 6.07) is 13.9. The monoisotopic (exact) mass is 674 g/mol. The van der Waals surface area contributed by atoms with Crippen molar-refractivity contribution < 1.29 is 23.1 Å². The molecule has 0 saturated carbocycles. The highest BCUT2D eigenvalue weighted by Gasteiger charge is 2.30. The van der Waals surface area contributed by atoms with Gasteiger partial charge in [0.2, 0.25) is 10.0 Å². The van der Waals surface area contributed by atoms with Gasteiger partial charge in [0.1, 0.15) is 6.54 Å². The Morgan fingerprint density at radius 1 is 0.956 bits per heavy atom. The van der Waals surface area contributed by atoms with Crippen LogP contribution >= 0.6 is 23.2 Å². The number of carbonyl (C=O) groups is 2. The number of rotatable bonds is 17. The average Bonchev–Trinajstić information content (AvgIpc) is 3.44. The number of sulfonamides is 1. The van der Waals surface area contributed by atoms with Gasteiger partial charge in [-0.1, -0.05) is 80.2 Å². The lowest BCUT2D eigenvalue weighted by molar-refractivity contribution is -0.139. The van der Waals surface area contributed by atoms with E-state index in [1.54, 1.807) is 30.3 Å². The second-order valence-electron chi connectivity index (χ2n) is 10.7. The largest absolute Gasteiger partial charge is 0.481 e. The molecule has 2 N–H and O–H groups in total. The van der Waals surface area contributed by atoms with Crippen LogP contribution in [0.3, 0.4) is 0 Å². The van der Waals surface area contributed by atoms with Crippen LogP contribution in [0.5, 0.6) is 0 Å². The highest BCUT2D eigenvalue weighted by Crippen LogP contribution is 2.32. The topological polar surface area (TPSA) is 147 Å². The number of carbonyl (C=O) groups excluding carboxylic acids is 1. The van der Waals surface area contributed by atoms with Crippen LogP contribution in [0.15, 0.2) is 59.5 Å². The van der Waals surface area contributed by atoms with Crippen molar-refractivity contribution in [3.8, 4) is 0 Å². The van der Waals surface area contributed by atoms with E-state index in [2.05, 4.69) is 38.9 Å². The molecule has 3 aromatic carbocycles. The predicted octanol–water partition coefficient (Wildman–Crippen LogP) is 5.52. The number of aromatic nitrogens is 4. The number of carboxylic acids is 1. The molecule has 4 aromatic rings. The molecule has 0 aliphatic carbocycles. The molecule has 1 unspecified atom stereocenters. The zero-order valence-corrected chi connectivity index (χ0v) is 27.4. The van der Waals surface area contributed by atoms with E-state index in [-0.39, 0.29) is 17.1 Å². The lowest BCUT2D eigenvalue weighted by Gasteiger charge is -2.26. The van der Waals surface area contributed by atoms with Gasteiger partial charge in [0.15, 0.2) is 11.6 Å². The first kappa shape index (κ1) is 34.3. The van der Waals surface area contributed by atoms with Crippen LogP contribution in [0, 0.1) is 0 Å². The van der Waals surface area contributed by atoms with Crippen molar-refractivity contribution in [3.63, 3.8) is 0 Å². The van der Waals surface area contributed by atoms with E-state index in [1.807, 2.05) is 18.2 Å². The number of anilines is 1. The van der Waals surface area contributed by atoms with Crippen molar-refractivity contribution in [1.29, 1.82) is 0 Å². The minimum Gasteiger partial charge on any atom is -0.481 e. The summed E-state index contributed by atoms with van der Waals surface area (Å²) < 4.78 is 29.8. The third kappa shape index (κ3) is 8.78. The number of fused-ring (bicyclic) bond motifs is 1. The Balaban J connectivity index is 1.58. The van der Waals surface area contributed by atoms with Gasteiger partial charge in [-0.25, -0.2) is 8.42 Å². The first-order valence-corrected chi connectivity index (χ1v) is 17.0. The van der Waals surface area contributed by atoms with Crippen molar-refractivity contribution in [2.45, 2.75) is 69.9 Å². The highest BCUT2D eigenvalue weighted by atomic mass is 35.5. The fourth-order valence-corrected chi connectivity index (χ4v) is 6.97. The molecule has 14 heteroatoms. The van der Waals surface area contributed by atoms with E-state index in [4.69, 9.17) is 23.2 Å². The molecule has 0 radical (unpaired) electrons. The van der Waals surface area contributed by atoms with Crippen LogP contribution in [0.2, 0.25) is 10.0 Å². The van der Waals surface area contributed by atoms with Gasteiger partial charge >= 0.3 is 5.97 Å². The molecule has 4 rings (SSSR count). The van der Waals surface area contributed by atoms with Crippen molar-refractivity contribution in [2.24, 2.45) is 0 Å². The lowest BCUT2D eigenvalue weighted by Crippen LogP contribution is -2.44. The third-order valence-electron chi connectivity index (χ3n) is 7.31. The molecule has 1 heterocycles. The first-order chi connectivity index (χ1) is 21.5. The van der Waals surface area contributed by atoms with Gasteiger partial charge < -0.3 is 10.0 Å². The van der Waals surface area contributed by atoms with E-state index in [1.165, 1.54) is 6.07 Å². The molecule has 0 amide bonds. The summed E-state index contributed by atoms with van der Waals surface area (Å²) in [5.74, 6) is -1.86. The summed E-state index contributed by atoms with van der Waals surface area (Å²) in [6.07, 6.45) is 3.42. The Morgan fingerprint density at radius 2 is 1.58 bits per heavy atom. The Bertz CT molecular complexity index is 1740. The Labute approximate surface area is 272 Å². The van der Waals surface area contributed by atoms with Crippen molar-refractivity contribution >= 4 is 61.4 Å². The number of tetrazole rings is 1. The lowest BCUT2D eigenvalue weighted by atomic mass is 10.1. The van der Waals surface area contributed by atoms with E-state index in [0.29, 0.717) is 21.0 Å². The molecule has 0 bridgehead atoms. The summed E-state index contributed by atoms with van der Waals surface area (Å²) in [4.78, 5) is 28.2. The maximum absolute atomic E-state index is 13.7. The second kappa shape index (κ2) is 15.6. The average molecular weight is 676 g/mol. The van der Waals surface area contributed by atoms with Crippen LogP contribution in [0.1, 0.15) is 57.3 Å². The van der Waals surface area contributed by atoms with Crippen LogP contribution in [-0.4, -0.2) is 64.6 Å². The number of Topliss-reactive ketones (excluding diaryl/α,β-unsaturated/α-hetero) is 1. The summed E-state index contributed by atoms with van der Waals surface area (Å²) >= 11 is 12.5. The van der Waals surface area contributed by atoms with Gasteiger partial charge in [0.05, 0.1) is 17.4 Å². The molecule has 0 fully saturated rings. The summed E-state index contributed by atoms with van der Waals surface area (Å²) in [5.41, 5.74) is 1.51. The minimum atomic E-state index is -4.34. The molecular formula is C31H36Cl2N6O5S. The second-order valence-corrected chi connectivity index (χ2v) is 13.2. The number of hydrogen-bond acceptors (Lipinski definition) is 8. The molecule has 0 spiro atoms. The Morgan fingerprint density at radius 3 is 2.22 bits per heavy atom. The van der Waals surface area contributed by atoms with Crippen molar-refractivity contribution in [2.75, 3.05) is 18.0 Å². The number of hydrogen-bond donors (Lipinski definition) is 2. The zero-order chi connectivity index (χ0) is 32.6. The molecule has 0 aliphatic rings. The normalized spacial score (nSPS) is 12.4. The fraction of sp³-hybridized carbons (Fsp3) is 0.387. The quantitative estimate of drug-likeness (QED) is 0.148. The third-order valence-corrected chi connectivity index (χ3v) is 9.54. The maximum atomic E-state index is 13.7. The van der Waals surface area contributed by atoms with Crippen LogP contribution in [0.4, 0.5) is 5.69 Å². The number of nitrogens with one attached hydrogen (secondary N) is 1. The van der Waals surface area contributed by atoms with E-state index in [0.717, 1.165) is 54.6 Å². The molecule has 0 aliphatic heterocycles. The van der Waals surface area contributed by atoms with Crippen molar-refractivity contribution in [3.05, 3.63) is 76.0 Å². The SMILES string of the molecule is CCCCN(CCCC)c1cccc2c(S(=O)(=O)NC(CC(=O)O)C(=O)Cn3nnc(Cc4c(Cl)cccc4Cl)n3)cccc12. The van der Waals surface area contributed by atoms with E-state index >= 15 is 0 Å². The van der Waals surface area contributed by atoms with Gasteiger partial charge in [0.25, 0.3) is 0 Å². The molecule has 0 saturated heterocycles. The minimum absolute atomic E-state index is 0.0474. The fourth-order valence-electron chi connectivity index (χ4n) is 4.99. The van der Waals surface area contributed by atoms with E-state index in [9.17, 15) is 23.1 Å². The highest BCUT2D eigenvalue weighted by molar-refractivity contribution is 7.89. The van der Waals surface area contributed by atoms with Gasteiger partial charge in [-0.05, 0) is 47.9 Å². The molecule has 45 heavy (non-hydrogen) atoms. The van der Waals surface area contributed by atoms with Crippen LogP contribution in [-0.2, 0) is 32.6 Å². The molecular weight excluding hydrogens is 639 g/mol. The molecule has 1 atom stereocenters. The number of aliphatic carboxylic acids is 1. The molecule has 240 valence electrons. The Kier molecular flexibility index (Phi) is 11.9. The number of carboxylic acid groups (broad SMARTS) is 1. The first-order valence-electron chi connectivity index (χ1n) is 14.8. The molecule has 1 aromatic heterocycles. The predicted molar refractivity (Wildman–Crippen MR) is 174 cm³/mol. The van der Waals surface area contributed by atoms with Crippen LogP contribution in [0.25, 0.3) is 10.8 Å². The zero-order valence-electron chi connectivity index (χ0n) is 25.1. The smallest absolute Gasteiger partial charge is 0.305 e. The number of nitrogens with zero attached hydrogens (tertiary/aromatic N) is 5. The summed E-state index contributed by atoms with van der Waals surface area (Å²) in [5, 5.41) is 23.6. The summed E-state index contributed by atoms with van der Waals surface area (Å²) in [7, 11) is -4.34. The molecule has 11 nitrogen and oxygen atoms in total. The maximum Gasteiger partial charge on any atom is 0.305 e. The number of halogens is 2. The standard InChI is InChI=1S/C31H36Cl2N6O5S/c1-3-5-16-38(17-6-4-2)27-14-7-11-22-21(27)10-8-15-29(22)45(43,44)36-26(19-31(41)42)28(40)20-39-35-30(34-37-39)18-23-24(32)12-9-13-25(23)33/h7-15,26,36H,3-6,16-20H2,1-2H3,(H,41,42). The van der Waals surface area contributed by atoms with Gasteiger partial charge in [-0.3, -0.25) is 9.59 Å². The van der Waals surface area contributed by atoms with Gasteiger partial charge in [-0.15, -0.1) is 10.2 Å². The van der Waals surface area contributed by atoms with Gasteiger partial charge in [0, 0.05) is 46.0 Å². The Hall–Kier alpha value is -3.58. The number of benzene rings is 3. The number of ketones is 1. The van der Waals surface area contributed by atoms with Crippen LogP contribution < -0.4 is 9.62 Å². The van der Waals surface area contributed by atoms with E-state index < -0.39 is 40.8 Å². The summed E-state index contributed by atoms with van der Waals surface area (Å²) in [6.45, 7) is 5.42. The van der Waals surface area contributed by atoms with Crippen molar-refractivity contribution in [1.82, 2.24) is 24.9 Å².